The van der Waals surface area contributed by atoms with Gasteiger partial charge >= 0.3 is 0 Å². The number of hydrogen-bond donors (Lipinski definition) is 0. The van der Waals surface area contributed by atoms with Crippen LogP contribution in [-0.4, -0.2) is 18.0 Å². The van der Waals surface area contributed by atoms with Crippen molar-refractivity contribution in [3.63, 3.8) is 0 Å². The van der Waals surface area contributed by atoms with Crippen LogP contribution in [0.25, 0.3) is 0 Å². The quantitative estimate of drug-likeness (QED) is 0.756. The third-order valence-corrected chi connectivity index (χ3v) is 3.68. The van der Waals surface area contributed by atoms with Gasteiger partial charge in [-0.1, -0.05) is 24.1 Å². The zero-order valence-electron chi connectivity index (χ0n) is 9.55. The van der Waals surface area contributed by atoms with E-state index in [1.807, 2.05) is 0 Å². The van der Waals surface area contributed by atoms with E-state index in [0.29, 0.717) is 5.02 Å². The molecule has 1 aromatic carbocycles. The zero-order chi connectivity index (χ0) is 11.5. The summed E-state index contributed by atoms with van der Waals surface area (Å²) in [6.07, 6.45) is 3.83. The molecule has 0 aliphatic carbocycles. The zero-order valence-corrected chi connectivity index (χ0v) is 10.3. The third kappa shape index (κ3) is 2.55. The Balaban J connectivity index is 2.15. The second kappa shape index (κ2) is 5.15. The molecular weight excluding hydrogens is 225 g/mol. The van der Waals surface area contributed by atoms with E-state index in [2.05, 4.69) is 11.8 Å². The van der Waals surface area contributed by atoms with Crippen LogP contribution in [0.3, 0.4) is 0 Å². The lowest BCUT2D eigenvalue weighted by atomic mass is 10.0. The maximum absolute atomic E-state index is 13.0. The summed E-state index contributed by atoms with van der Waals surface area (Å²) in [6, 6.07) is 4.98. The fourth-order valence-electron chi connectivity index (χ4n) is 2.34. The van der Waals surface area contributed by atoms with Gasteiger partial charge in [-0.2, -0.15) is 0 Å². The molecule has 0 saturated carbocycles. The van der Waals surface area contributed by atoms with Crippen LogP contribution < -0.4 is 0 Å². The Bertz CT molecular complexity index is 361. The molecule has 1 atom stereocenters. The van der Waals surface area contributed by atoms with Gasteiger partial charge in [-0.25, -0.2) is 4.39 Å². The smallest absolute Gasteiger partial charge is 0.124 e. The topological polar surface area (TPSA) is 3.24 Å². The van der Waals surface area contributed by atoms with E-state index in [4.69, 9.17) is 11.6 Å². The molecular formula is C13H17ClFN. The number of benzene rings is 1. The van der Waals surface area contributed by atoms with Crippen LogP contribution in [-0.2, 0) is 0 Å². The lowest BCUT2D eigenvalue weighted by Crippen LogP contribution is -2.32. The van der Waals surface area contributed by atoms with Crippen molar-refractivity contribution in [3.8, 4) is 0 Å². The highest BCUT2D eigenvalue weighted by Gasteiger charge is 2.19. The number of nitrogens with zero attached hydrogens (tertiary/aromatic N) is 1. The van der Waals surface area contributed by atoms with Crippen molar-refractivity contribution in [1.29, 1.82) is 0 Å². The number of hydrogen-bond acceptors (Lipinski definition) is 1. The van der Waals surface area contributed by atoms with Crippen LogP contribution in [0.4, 0.5) is 4.39 Å². The van der Waals surface area contributed by atoms with Crippen molar-refractivity contribution >= 4 is 11.6 Å². The molecule has 1 unspecified atom stereocenters. The molecule has 1 aliphatic heterocycles. The SMILES string of the molecule is CC(c1ccc(F)cc1Cl)N1CCCCC1. The molecule has 1 saturated heterocycles. The van der Waals surface area contributed by atoms with E-state index in [1.54, 1.807) is 6.07 Å². The maximum Gasteiger partial charge on any atom is 0.124 e. The third-order valence-electron chi connectivity index (χ3n) is 3.35. The fraction of sp³-hybridized carbons (Fsp3) is 0.538. The largest absolute Gasteiger partial charge is 0.297 e. The van der Waals surface area contributed by atoms with Crippen LogP contribution in [0.2, 0.25) is 5.02 Å². The molecule has 88 valence electrons. The Labute approximate surface area is 101 Å². The second-order valence-corrected chi connectivity index (χ2v) is 4.85. The van der Waals surface area contributed by atoms with Gasteiger partial charge in [-0.15, -0.1) is 0 Å². The molecule has 1 nitrogen and oxygen atoms in total. The summed E-state index contributed by atoms with van der Waals surface area (Å²) in [5.41, 5.74) is 1.03. The Hall–Kier alpha value is -0.600. The predicted molar refractivity (Wildman–Crippen MR) is 65.2 cm³/mol. The minimum atomic E-state index is -0.264. The monoisotopic (exact) mass is 241 g/mol. The molecule has 1 heterocycles. The molecule has 0 spiro atoms. The van der Waals surface area contributed by atoms with Gasteiger partial charge < -0.3 is 0 Å². The first-order valence-electron chi connectivity index (χ1n) is 5.87. The number of likely N-dealkylation sites (tertiary alicyclic amines) is 1. The summed E-state index contributed by atoms with van der Waals surface area (Å²) < 4.78 is 13.0. The minimum absolute atomic E-state index is 0.264. The van der Waals surface area contributed by atoms with Crippen molar-refractivity contribution < 1.29 is 4.39 Å². The maximum atomic E-state index is 13.0. The number of rotatable bonds is 2. The number of halogens is 2. The molecule has 0 amide bonds. The van der Waals surface area contributed by atoms with Gasteiger partial charge in [-0.05, 0) is 50.6 Å². The van der Waals surface area contributed by atoms with E-state index in [1.165, 1.54) is 31.4 Å². The molecule has 1 fully saturated rings. The van der Waals surface area contributed by atoms with Crippen molar-refractivity contribution in [2.75, 3.05) is 13.1 Å². The van der Waals surface area contributed by atoms with Gasteiger partial charge in [0.1, 0.15) is 5.82 Å². The van der Waals surface area contributed by atoms with E-state index >= 15 is 0 Å². The first kappa shape index (κ1) is 11.9. The van der Waals surface area contributed by atoms with Gasteiger partial charge in [0.25, 0.3) is 0 Å². The average Bonchev–Trinajstić information content (AvgIpc) is 2.29. The van der Waals surface area contributed by atoms with Gasteiger partial charge in [0.15, 0.2) is 0 Å². The van der Waals surface area contributed by atoms with Crippen molar-refractivity contribution in [1.82, 2.24) is 4.90 Å². The lowest BCUT2D eigenvalue weighted by molar-refractivity contribution is 0.175. The van der Waals surface area contributed by atoms with Crippen LogP contribution in [0.1, 0.15) is 37.8 Å². The summed E-state index contributed by atoms with van der Waals surface area (Å²) in [4.78, 5) is 2.42. The molecule has 2 rings (SSSR count). The van der Waals surface area contributed by atoms with Crippen molar-refractivity contribution in [2.45, 2.75) is 32.2 Å². The highest BCUT2D eigenvalue weighted by Crippen LogP contribution is 2.29. The molecule has 1 aliphatic rings. The Kier molecular flexibility index (Phi) is 3.82. The van der Waals surface area contributed by atoms with Gasteiger partial charge in [0.05, 0.1) is 0 Å². The van der Waals surface area contributed by atoms with E-state index in [-0.39, 0.29) is 11.9 Å². The van der Waals surface area contributed by atoms with E-state index in [0.717, 1.165) is 18.7 Å². The van der Waals surface area contributed by atoms with Crippen LogP contribution in [0, 0.1) is 5.82 Å². The van der Waals surface area contributed by atoms with Crippen LogP contribution >= 0.6 is 11.6 Å². The highest BCUT2D eigenvalue weighted by atomic mass is 35.5. The molecule has 0 aromatic heterocycles. The summed E-state index contributed by atoms with van der Waals surface area (Å²) in [5, 5.41) is 0.540. The standard InChI is InChI=1S/C13H17ClFN/c1-10(16-7-3-2-4-8-16)12-6-5-11(15)9-13(12)14/h5-6,9-10H,2-4,7-8H2,1H3. The Morgan fingerprint density at radius 3 is 2.56 bits per heavy atom. The molecule has 3 heteroatoms. The van der Waals surface area contributed by atoms with Gasteiger partial charge in [-0.3, -0.25) is 4.90 Å². The van der Waals surface area contributed by atoms with E-state index in [9.17, 15) is 4.39 Å². The first-order valence-corrected chi connectivity index (χ1v) is 6.25. The highest BCUT2D eigenvalue weighted by molar-refractivity contribution is 6.31. The molecule has 0 bridgehead atoms. The second-order valence-electron chi connectivity index (χ2n) is 4.44. The van der Waals surface area contributed by atoms with Crippen LogP contribution in [0.15, 0.2) is 18.2 Å². The van der Waals surface area contributed by atoms with Crippen molar-refractivity contribution in [3.05, 3.63) is 34.6 Å². The van der Waals surface area contributed by atoms with Gasteiger partial charge in [0.2, 0.25) is 0 Å². The molecule has 1 aromatic rings. The van der Waals surface area contributed by atoms with Crippen LogP contribution in [0.5, 0.6) is 0 Å². The average molecular weight is 242 g/mol. The van der Waals surface area contributed by atoms with Crippen molar-refractivity contribution in [2.24, 2.45) is 0 Å². The van der Waals surface area contributed by atoms with E-state index < -0.39 is 0 Å². The Morgan fingerprint density at radius 2 is 1.94 bits per heavy atom. The first-order chi connectivity index (χ1) is 7.68. The number of piperidine rings is 1. The fourth-order valence-corrected chi connectivity index (χ4v) is 2.67. The summed E-state index contributed by atoms with van der Waals surface area (Å²) in [6.45, 7) is 4.38. The summed E-state index contributed by atoms with van der Waals surface area (Å²) >= 11 is 6.08. The van der Waals surface area contributed by atoms with Gasteiger partial charge in [0, 0.05) is 11.1 Å². The molecule has 0 N–H and O–H groups in total. The lowest BCUT2D eigenvalue weighted by Gasteiger charge is -2.33. The molecule has 0 radical (unpaired) electrons. The summed E-state index contributed by atoms with van der Waals surface area (Å²) in [5.74, 6) is -0.264. The Morgan fingerprint density at radius 1 is 1.25 bits per heavy atom. The molecule has 16 heavy (non-hydrogen) atoms. The predicted octanol–water partition coefficient (Wildman–Crippen LogP) is 4.03. The normalized spacial score (nSPS) is 19.7. The summed E-state index contributed by atoms with van der Waals surface area (Å²) in [7, 11) is 0. The minimum Gasteiger partial charge on any atom is -0.297 e.